The number of hydrogen-bond acceptors (Lipinski definition) is 4. The molecule has 2 aliphatic rings. The van der Waals surface area contributed by atoms with E-state index in [1.54, 1.807) is 0 Å². The van der Waals surface area contributed by atoms with Gasteiger partial charge in [-0.1, -0.05) is 60.6 Å². The Morgan fingerprint density at radius 2 is 1.85 bits per heavy atom. The van der Waals surface area contributed by atoms with Gasteiger partial charge < -0.3 is 14.0 Å². The van der Waals surface area contributed by atoms with Crippen molar-refractivity contribution in [2.45, 2.75) is 31.3 Å². The average molecular weight is 361 g/mol. The van der Waals surface area contributed by atoms with Gasteiger partial charge in [-0.25, -0.2) is 0 Å². The van der Waals surface area contributed by atoms with Gasteiger partial charge in [0.1, 0.15) is 24.0 Å². The smallest absolute Gasteiger partial charge is 0.153 e. The van der Waals surface area contributed by atoms with E-state index in [1.807, 2.05) is 18.2 Å². The monoisotopic (exact) mass is 361 g/mol. The maximum Gasteiger partial charge on any atom is 0.153 e. The number of nitrogens with zero attached hydrogens (tertiary/aromatic N) is 1. The Hall–Kier alpha value is -2.59. The lowest BCUT2D eigenvalue weighted by Gasteiger charge is -2.45. The number of para-hydroxylation sites is 1. The van der Waals surface area contributed by atoms with Gasteiger partial charge in [0, 0.05) is 11.3 Å². The van der Waals surface area contributed by atoms with Crippen molar-refractivity contribution in [3.63, 3.8) is 0 Å². The zero-order chi connectivity index (χ0) is 18.3. The minimum absolute atomic E-state index is 0.179. The summed E-state index contributed by atoms with van der Waals surface area (Å²) in [5.74, 6) is 1.14. The molecule has 0 amide bonds. The Morgan fingerprint density at radius 3 is 2.59 bits per heavy atom. The molecular formula is C23H23NO3. The minimum atomic E-state index is 0.179. The molecular weight excluding hydrogens is 338 g/mol. The second kappa shape index (κ2) is 6.54. The largest absolute Gasteiger partial charge is 0.455 e. The van der Waals surface area contributed by atoms with Crippen LogP contribution in [0.1, 0.15) is 31.1 Å². The summed E-state index contributed by atoms with van der Waals surface area (Å²) in [7, 11) is 0. The molecule has 1 saturated heterocycles. The standard InChI is InChI=1S/C23H23NO3/c1-23(18-8-3-2-4-9-18)12-17(13-23)22(24-26-15-19-14-25-19)21-11-16-7-5-6-10-20(16)27-21/h2-11,17,19H,12-15H2,1H3. The predicted octanol–water partition coefficient (Wildman–Crippen LogP) is 4.92. The number of benzene rings is 2. The third-order valence-electron chi connectivity index (χ3n) is 5.75. The van der Waals surface area contributed by atoms with Gasteiger partial charge in [-0.15, -0.1) is 0 Å². The molecule has 1 atom stereocenters. The van der Waals surface area contributed by atoms with E-state index in [9.17, 15) is 0 Å². The first kappa shape index (κ1) is 16.6. The highest BCUT2D eigenvalue weighted by Crippen LogP contribution is 2.49. The lowest BCUT2D eigenvalue weighted by molar-refractivity contribution is 0.119. The van der Waals surface area contributed by atoms with Crippen LogP contribution in [0.2, 0.25) is 0 Å². The zero-order valence-corrected chi connectivity index (χ0v) is 15.4. The van der Waals surface area contributed by atoms with E-state index < -0.39 is 0 Å². The first-order chi connectivity index (χ1) is 13.2. The molecule has 0 bridgehead atoms. The Morgan fingerprint density at radius 1 is 1.11 bits per heavy atom. The fourth-order valence-electron chi connectivity index (χ4n) is 4.08. The maximum absolute atomic E-state index is 6.09. The maximum atomic E-state index is 6.09. The summed E-state index contributed by atoms with van der Waals surface area (Å²) in [6.45, 7) is 3.60. The molecule has 0 N–H and O–H groups in total. The fraction of sp³-hybridized carbons (Fsp3) is 0.348. The van der Waals surface area contributed by atoms with Crippen molar-refractivity contribution < 1.29 is 14.0 Å². The third-order valence-corrected chi connectivity index (χ3v) is 5.75. The van der Waals surface area contributed by atoms with Crippen molar-refractivity contribution in [2.75, 3.05) is 13.2 Å². The van der Waals surface area contributed by atoms with Gasteiger partial charge in [-0.2, -0.15) is 0 Å². The van der Waals surface area contributed by atoms with Crippen LogP contribution in [-0.2, 0) is 15.0 Å². The topological polar surface area (TPSA) is 47.3 Å². The van der Waals surface area contributed by atoms with Gasteiger partial charge in [0.15, 0.2) is 5.76 Å². The molecule has 1 aliphatic heterocycles. The highest BCUT2D eigenvalue weighted by Gasteiger charge is 2.45. The highest BCUT2D eigenvalue weighted by atomic mass is 16.7. The minimum Gasteiger partial charge on any atom is -0.455 e. The SMILES string of the molecule is CC1(c2ccccc2)CC(C(=NOCC2CO2)c2cc3ccccc3o2)C1. The molecule has 0 radical (unpaired) electrons. The molecule has 1 unspecified atom stereocenters. The molecule has 27 heavy (non-hydrogen) atoms. The summed E-state index contributed by atoms with van der Waals surface area (Å²) < 4.78 is 11.3. The van der Waals surface area contributed by atoms with Crippen molar-refractivity contribution in [2.24, 2.45) is 11.1 Å². The molecule has 5 rings (SSSR count). The van der Waals surface area contributed by atoms with Crippen molar-refractivity contribution in [1.82, 2.24) is 0 Å². The molecule has 1 saturated carbocycles. The zero-order valence-electron chi connectivity index (χ0n) is 15.4. The molecule has 138 valence electrons. The summed E-state index contributed by atoms with van der Waals surface area (Å²) in [5, 5.41) is 5.59. The van der Waals surface area contributed by atoms with Crippen LogP contribution >= 0.6 is 0 Å². The van der Waals surface area contributed by atoms with E-state index in [4.69, 9.17) is 14.0 Å². The normalized spacial score (nSPS) is 27.4. The average Bonchev–Trinajstić information content (AvgIpc) is 3.40. The first-order valence-corrected chi connectivity index (χ1v) is 9.57. The number of ether oxygens (including phenoxy) is 1. The summed E-state index contributed by atoms with van der Waals surface area (Å²) in [4.78, 5) is 5.60. The number of hydrogen-bond donors (Lipinski definition) is 0. The van der Waals surface area contributed by atoms with Gasteiger partial charge in [-0.3, -0.25) is 0 Å². The fourth-order valence-corrected chi connectivity index (χ4v) is 4.08. The first-order valence-electron chi connectivity index (χ1n) is 9.57. The number of rotatable bonds is 6. The Bertz CT molecular complexity index is 932. The summed E-state index contributed by atoms with van der Waals surface area (Å²) in [6.07, 6.45) is 2.27. The van der Waals surface area contributed by atoms with Crippen molar-refractivity contribution in [3.8, 4) is 0 Å². The Balaban J connectivity index is 1.40. The van der Waals surface area contributed by atoms with Crippen LogP contribution in [0.4, 0.5) is 0 Å². The van der Waals surface area contributed by atoms with E-state index >= 15 is 0 Å². The lowest BCUT2D eigenvalue weighted by Crippen LogP contribution is -2.42. The molecule has 4 heteroatoms. The van der Waals surface area contributed by atoms with E-state index in [0.717, 1.165) is 41.9 Å². The molecule has 1 aliphatic carbocycles. The van der Waals surface area contributed by atoms with E-state index in [2.05, 4.69) is 54.5 Å². The van der Waals surface area contributed by atoms with Crippen LogP contribution in [0.5, 0.6) is 0 Å². The Labute approximate surface area is 158 Å². The number of fused-ring (bicyclic) bond motifs is 1. The molecule has 2 aromatic carbocycles. The summed E-state index contributed by atoms with van der Waals surface area (Å²) in [5.41, 5.74) is 3.37. The van der Waals surface area contributed by atoms with Crippen molar-refractivity contribution in [1.29, 1.82) is 0 Å². The Kier molecular flexibility index (Phi) is 4.01. The van der Waals surface area contributed by atoms with Crippen LogP contribution in [0.3, 0.4) is 0 Å². The molecule has 1 aromatic heterocycles. The molecule has 2 fully saturated rings. The van der Waals surface area contributed by atoms with Crippen molar-refractivity contribution >= 4 is 16.7 Å². The second-order valence-electron chi connectivity index (χ2n) is 7.91. The summed E-state index contributed by atoms with van der Waals surface area (Å²) in [6, 6.07) is 20.9. The van der Waals surface area contributed by atoms with E-state index in [1.165, 1.54) is 5.56 Å². The van der Waals surface area contributed by atoms with Gasteiger partial charge in [-0.05, 0) is 36.0 Å². The second-order valence-corrected chi connectivity index (χ2v) is 7.91. The lowest BCUT2D eigenvalue weighted by atomic mass is 9.58. The van der Waals surface area contributed by atoms with Crippen LogP contribution in [0.25, 0.3) is 11.0 Å². The molecule has 2 heterocycles. The summed E-state index contributed by atoms with van der Waals surface area (Å²) >= 11 is 0. The van der Waals surface area contributed by atoms with Crippen LogP contribution in [0, 0.1) is 5.92 Å². The van der Waals surface area contributed by atoms with Gasteiger partial charge >= 0.3 is 0 Å². The van der Waals surface area contributed by atoms with Crippen LogP contribution < -0.4 is 0 Å². The van der Waals surface area contributed by atoms with Gasteiger partial charge in [0.05, 0.1) is 6.61 Å². The predicted molar refractivity (Wildman–Crippen MR) is 105 cm³/mol. The number of epoxide rings is 1. The third kappa shape index (κ3) is 3.26. The van der Waals surface area contributed by atoms with Gasteiger partial charge in [0.2, 0.25) is 0 Å². The molecule has 3 aromatic rings. The number of oxime groups is 1. The molecule has 4 nitrogen and oxygen atoms in total. The molecule has 0 spiro atoms. The van der Waals surface area contributed by atoms with Crippen LogP contribution in [-0.4, -0.2) is 25.0 Å². The number of furan rings is 1. The van der Waals surface area contributed by atoms with Crippen LogP contribution in [0.15, 0.2) is 70.2 Å². The highest BCUT2D eigenvalue weighted by molar-refractivity contribution is 6.03. The van der Waals surface area contributed by atoms with Gasteiger partial charge in [0.25, 0.3) is 0 Å². The van der Waals surface area contributed by atoms with Crippen molar-refractivity contribution in [3.05, 3.63) is 72.0 Å². The van der Waals surface area contributed by atoms with E-state index in [0.29, 0.717) is 12.5 Å². The van der Waals surface area contributed by atoms with E-state index in [-0.39, 0.29) is 11.5 Å². The quantitative estimate of drug-likeness (QED) is 0.356.